The van der Waals surface area contributed by atoms with Gasteiger partial charge in [0.1, 0.15) is 0 Å². The van der Waals surface area contributed by atoms with E-state index in [4.69, 9.17) is 4.74 Å². The summed E-state index contributed by atoms with van der Waals surface area (Å²) in [5.41, 5.74) is 0. The molecular formula is C15H28O3. The van der Waals surface area contributed by atoms with Crippen LogP contribution in [0.15, 0.2) is 0 Å². The van der Waals surface area contributed by atoms with E-state index in [0.717, 1.165) is 25.7 Å². The molecule has 1 atom stereocenters. The predicted molar refractivity (Wildman–Crippen MR) is 72.4 cm³/mol. The van der Waals surface area contributed by atoms with Crippen LogP contribution in [0.25, 0.3) is 0 Å². The molecule has 1 N–H and O–H groups in total. The van der Waals surface area contributed by atoms with Crippen LogP contribution >= 0.6 is 0 Å². The molecule has 0 aromatic heterocycles. The van der Waals surface area contributed by atoms with Crippen molar-refractivity contribution in [3.05, 3.63) is 0 Å². The fourth-order valence-corrected chi connectivity index (χ4v) is 2.42. The molecule has 3 nitrogen and oxygen atoms in total. The molecule has 1 unspecified atom stereocenters. The van der Waals surface area contributed by atoms with Gasteiger partial charge in [0, 0.05) is 0 Å². The lowest BCUT2D eigenvalue weighted by Crippen LogP contribution is -2.23. The lowest BCUT2D eigenvalue weighted by molar-refractivity contribution is -0.154. The van der Waals surface area contributed by atoms with E-state index in [0.29, 0.717) is 13.0 Å². The molecule has 0 radical (unpaired) electrons. The molecule has 106 valence electrons. The summed E-state index contributed by atoms with van der Waals surface area (Å²) in [7, 11) is 0. The summed E-state index contributed by atoms with van der Waals surface area (Å²) >= 11 is 0. The maximum atomic E-state index is 11.4. The number of aliphatic hydroxyl groups excluding tert-OH is 1. The lowest BCUT2D eigenvalue weighted by Gasteiger charge is -2.11. The summed E-state index contributed by atoms with van der Waals surface area (Å²) < 4.78 is 5.07. The van der Waals surface area contributed by atoms with Gasteiger partial charge in [-0.15, -0.1) is 0 Å². The number of aliphatic hydroxyl groups is 1. The third kappa shape index (κ3) is 7.70. The van der Waals surface area contributed by atoms with E-state index in [1.165, 1.54) is 44.9 Å². The minimum Gasteiger partial charge on any atom is -0.464 e. The molecule has 1 rings (SSSR count). The summed E-state index contributed by atoms with van der Waals surface area (Å²) in [5, 5.41) is 9.61. The average molecular weight is 256 g/mol. The molecule has 0 aromatic rings. The number of ether oxygens (including phenoxy) is 1. The van der Waals surface area contributed by atoms with Crippen LogP contribution in [0.2, 0.25) is 0 Å². The summed E-state index contributed by atoms with van der Waals surface area (Å²) in [6.45, 7) is 0.468. The van der Waals surface area contributed by atoms with Crippen molar-refractivity contribution >= 4 is 5.97 Å². The van der Waals surface area contributed by atoms with Crippen molar-refractivity contribution in [2.24, 2.45) is 0 Å². The maximum Gasteiger partial charge on any atom is 0.334 e. The molecule has 1 aliphatic heterocycles. The Labute approximate surface area is 111 Å². The van der Waals surface area contributed by atoms with E-state index < -0.39 is 12.1 Å². The van der Waals surface area contributed by atoms with Crippen LogP contribution in [0, 0.1) is 0 Å². The van der Waals surface area contributed by atoms with Crippen molar-refractivity contribution in [3.8, 4) is 0 Å². The first-order valence-electron chi connectivity index (χ1n) is 7.65. The van der Waals surface area contributed by atoms with Crippen LogP contribution in [-0.4, -0.2) is 23.8 Å². The van der Waals surface area contributed by atoms with E-state index >= 15 is 0 Å². The number of carbonyl (C=O) groups excluding carboxylic acids is 1. The average Bonchev–Trinajstić information content (AvgIpc) is 2.37. The minimum absolute atomic E-state index is 0.429. The van der Waals surface area contributed by atoms with Gasteiger partial charge < -0.3 is 9.84 Å². The van der Waals surface area contributed by atoms with Gasteiger partial charge in [-0.05, 0) is 12.8 Å². The monoisotopic (exact) mass is 256 g/mol. The Hall–Kier alpha value is -0.570. The smallest absolute Gasteiger partial charge is 0.334 e. The molecule has 0 aromatic carbocycles. The highest BCUT2D eigenvalue weighted by molar-refractivity contribution is 5.74. The number of rotatable bonds is 0. The van der Waals surface area contributed by atoms with Gasteiger partial charge in [-0.3, -0.25) is 0 Å². The standard InChI is InChI=1S/C15H28O3/c16-14-12-10-8-6-4-2-1-3-5-7-9-11-13-18-15(14)17/h14,16H,1-13H2. The fourth-order valence-electron chi connectivity index (χ4n) is 2.42. The first-order valence-corrected chi connectivity index (χ1v) is 7.65. The second kappa shape index (κ2) is 10.4. The summed E-state index contributed by atoms with van der Waals surface area (Å²) in [6, 6.07) is 0. The van der Waals surface area contributed by atoms with Gasteiger partial charge in [-0.25, -0.2) is 4.79 Å². The second-order valence-electron chi connectivity index (χ2n) is 5.36. The molecule has 1 saturated heterocycles. The van der Waals surface area contributed by atoms with Gasteiger partial charge in [0.2, 0.25) is 0 Å². The number of cyclic esters (lactones) is 1. The number of esters is 1. The zero-order chi connectivity index (χ0) is 13.1. The molecule has 18 heavy (non-hydrogen) atoms. The fraction of sp³-hybridized carbons (Fsp3) is 0.933. The van der Waals surface area contributed by atoms with Gasteiger partial charge in [-0.2, -0.15) is 0 Å². The first kappa shape index (κ1) is 15.5. The van der Waals surface area contributed by atoms with Gasteiger partial charge in [0.25, 0.3) is 0 Å². The number of hydrogen-bond donors (Lipinski definition) is 1. The molecule has 1 aliphatic rings. The van der Waals surface area contributed by atoms with E-state index in [9.17, 15) is 9.90 Å². The first-order chi connectivity index (χ1) is 8.80. The topological polar surface area (TPSA) is 46.5 Å². The van der Waals surface area contributed by atoms with Gasteiger partial charge in [-0.1, -0.05) is 64.2 Å². The molecule has 1 heterocycles. The zero-order valence-corrected chi connectivity index (χ0v) is 11.5. The Balaban J connectivity index is 2.22. The molecule has 0 saturated carbocycles. The van der Waals surface area contributed by atoms with E-state index in [1.807, 2.05) is 0 Å². The quantitative estimate of drug-likeness (QED) is 0.674. The summed E-state index contributed by atoms with van der Waals surface area (Å²) in [4.78, 5) is 11.4. The SMILES string of the molecule is O=C1OCCCCCCCCCCCCCC1O. The van der Waals surface area contributed by atoms with Crippen molar-refractivity contribution in [2.75, 3.05) is 6.61 Å². The third-order valence-electron chi connectivity index (χ3n) is 3.64. The van der Waals surface area contributed by atoms with Crippen molar-refractivity contribution in [1.29, 1.82) is 0 Å². The number of carbonyl (C=O) groups is 1. The Morgan fingerprint density at radius 1 is 0.778 bits per heavy atom. The van der Waals surface area contributed by atoms with Crippen molar-refractivity contribution < 1.29 is 14.6 Å². The van der Waals surface area contributed by atoms with Crippen LogP contribution < -0.4 is 0 Å². The molecule has 1 fully saturated rings. The van der Waals surface area contributed by atoms with Crippen LogP contribution in [-0.2, 0) is 9.53 Å². The van der Waals surface area contributed by atoms with E-state index in [-0.39, 0.29) is 0 Å². The highest BCUT2D eigenvalue weighted by atomic mass is 16.5. The van der Waals surface area contributed by atoms with E-state index in [1.54, 1.807) is 0 Å². The summed E-state index contributed by atoms with van der Waals surface area (Å²) in [6.07, 6.45) is 12.8. The summed E-state index contributed by atoms with van der Waals surface area (Å²) in [5.74, 6) is -0.429. The highest BCUT2D eigenvalue weighted by Crippen LogP contribution is 2.13. The minimum atomic E-state index is -0.905. The Kier molecular flexibility index (Phi) is 8.92. The van der Waals surface area contributed by atoms with Crippen LogP contribution in [0.4, 0.5) is 0 Å². The van der Waals surface area contributed by atoms with Gasteiger partial charge in [0.05, 0.1) is 6.61 Å². The molecule has 0 bridgehead atoms. The maximum absolute atomic E-state index is 11.4. The van der Waals surface area contributed by atoms with Crippen molar-refractivity contribution in [3.63, 3.8) is 0 Å². The molecule has 3 heteroatoms. The van der Waals surface area contributed by atoms with Crippen LogP contribution in [0.5, 0.6) is 0 Å². The van der Waals surface area contributed by atoms with Crippen molar-refractivity contribution in [1.82, 2.24) is 0 Å². The van der Waals surface area contributed by atoms with Crippen LogP contribution in [0.3, 0.4) is 0 Å². The number of hydrogen-bond acceptors (Lipinski definition) is 3. The molecular weight excluding hydrogens is 228 g/mol. The molecule has 0 spiro atoms. The highest BCUT2D eigenvalue weighted by Gasteiger charge is 2.15. The normalized spacial score (nSPS) is 26.5. The molecule has 0 amide bonds. The Bertz CT molecular complexity index is 216. The zero-order valence-electron chi connectivity index (χ0n) is 11.5. The van der Waals surface area contributed by atoms with E-state index in [2.05, 4.69) is 0 Å². The van der Waals surface area contributed by atoms with Crippen LogP contribution in [0.1, 0.15) is 77.0 Å². The second-order valence-corrected chi connectivity index (χ2v) is 5.36. The lowest BCUT2D eigenvalue weighted by atomic mass is 10.0. The molecule has 0 aliphatic carbocycles. The van der Waals surface area contributed by atoms with Gasteiger partial charge >= 0.3 is 5.97 Å². The Morgan fingerprint density at radius 3 is 1.78 bits per heavy atom. The van der Waals surface area contributed by atoms with Gasteiger partial charge in [0.15, 0.2) is 6.10 Å². The largest absolute Gasteiger partial charge is 0.464 e. The predicted octanol–water partition coefficient (Wildman–Crippen LogP) is 3.59. The van der Waals surface area contributed by atoms with Crippen molar-refractivity contribution in [2.45, 2.75) is 83.2 Å². The third-order valence-corrected chi connectivity index (χ3v) is 3.64. The Morgan fingerprint density at radius 2 is 1.22 bits per heavy atom.